The Morgan fingerprint density at radius 2 is 1.37 bits per heavy atom. The maximum absolute atomic E-state index is 14.0. The van der Waals surface area contributed by atoms with E-state index in [2.05, 4.69) is 0 Å². The maximum Gasteiger partial charge on any atom is 0.335 e. The number of amides is 3. The van der Waals surface area contributed by atoms with Crippen LogP contribution in [0.15, 0.2) is 109 Å². The maximum atomic E-state index is 14.0. The van der Waals surface area contributed by atoms with Gasteiger partial charge in [0.05, 0.1) is 6.54 Å². The molecule has 1 heterocycles. The van der Waals surface area contributed by atoms with Gasteiger partial charge in [0.2, 0.25) is 5.91 Å². The number of fused-ring (bicyclic) bond motifs is 2. The highest BCUT2D eigenvalue weighted by Crippen LogP contribution is 2.42. The lowest BCUT2D eigenvalue weighted by Gasteiger charge is -2.41. The average molecular weight is 659 g/mol. The number of nitrogen functional groups attached to an aromatic ring is 1. The van der Waals surface area contributed by atoms with Gasteiger partial charge in [-0.15, -0.1) is 0 Å². The summed E-state index contributed by atoms with van der Waals surface area (Å²) < 4.78 is 0. The molecule has 5 aromatic rings. The Morgan fingerprint density at radius 3 is 2.00 bits per heavy atom. The number of benzene rings is 5. The summed E-state index contributed by atoms with van der Waals surface area (Å²) in [5, 5.41) is 21.9. The second kappa shape index (κ2) is 14.8. The number of nitrogens with zero attached hydrogens (tertiary/aromatic N) is 2. The number of primary amides is 1. The summed E-state index contributed by atoms with van der Waals surface area (Å²) in [6.45, 7) is 1.23. The van der Waals surface area contributed by atoms with E-state index < -0.39 is 36.2 Å². The van der Waals surface area contributed by atoms with Crippen LogP contribution in [0.25, 0.3) is 21.5 Å². The highest BCUT2D eigenvalue weighted by Gasteiger charge is 2.51. The number of carboxylic acid groups (broad SMARTS) is 1. The summed E-state index contributed by atoms with van der Waals surface area (Å²) in [6.07, 6.45) is 1.63. The summed E-state index contributed by atoms with van der Waals surface area (Å²) in [4.78, 5) is 54.5. The smallest absolute Gasteiger partial charge is 0.335 e. The molecule has 6 rings (SSSR count). The molecule has 11 heteroatoms. The monoisotopic (exact) mass is 658 g/mol. The number of Topliss-reactive ketones (excluding diaryl/α,β-unsaturated/α-hetero) is 1. The molecule has 0 aromatic heterocycles. The molecule has 1 aliphatic heterocycles. The second-order valence-corrected chi connectivity index (χ2v) is 11.8. The summed E-state index contributed by atoms with van der Waals surface area (Å²) in [5.74, 6) is -2.82. The van der Waals surface area contributed by atoms with Crippen LogP contribution in [-0.2, 0) is 15.1 Å². The van der Waals surface area contributed by atoms with E-state index in [-0.39, 0.29) is 23.0 Å². The van der Waals surface area contributed by atoms with E-state index >= 15 is 0 Å². The number of nitrogens with one attached hydrogen (secondary N) is 1. The first-order valence-corrected chi connectivity index (χ1v) is 15.8. The Kier molecular flexibility index (Phi) is 10.3. The molecule has 0 spiro atoms. The molecular weight excluding hydrogens is 620 g/mol. The number of carbonyl (C=O) groups excluding carboxylic acids is 3. The summed E-state index contributed by atoms with van der Waals surface area (Å²) >= 11 is 0. The number of anilines is 1. The number of amidine groups is 1. The van der Waals surface area contributed by atoms with Gasteiger partial charge in [-0.2, -0.15) is 0 Å². The predicted molar refractivity (Wildman–Crippen MR) is 191 cm³/mol. The number of rotatable bonds is 9. The van der Waals surface area contributed by atoms with E-state index in [1.807, 2.05) is 42.5 Å². The van der Waals surface area contributed by atoms with Crippen molar-refractivity contribution in [2.45, 2.75) is 24.8 Å². The standard InChI is InChI=1S/C33H28N4O4.C5H10N2O/c34-20-30(39)37(26-16-15-21-7-1-2-9-23(21)18-26)33(32(40)41,28-14-6-10-22-8-3-4-13-27(22)28)19-29(38)24-11-5-12-25(17-24)31(35)36;6-5(8)7-3-1-2-4-7/h1-18H,19-20,34H2,(H3,35,36)(H,40,41);1-4H2,(H2,6,8)/t33-;/m1./s1. The SMILES string of the molecule is N=C(N)c1cccc(C(=O)C[C@](C(=O)O)(c2cccc3ccccc23)N(C(=O)CN)c2ccc3ccccc3c2)c1.NC(=O)N1CCCC1. The third kappa shape index (κ3) is 7.12. The Bertz CT molecular complexity index is 2050. The van der Waals surface area contributed by atoms with Gasteiger partial charge in [0.1, 0.15) is 5.84 Å². The fraction of sp³-hybridized carbons (Fsp3) is 0.184. The van der Waals surface area contributed by atoms with Crippen molar-refractivity contribution in [3.8, 4) is 0 Å². The van der Waals surface area contributed by atoms with Gasteiger partial charge in [0, 0.05) is 36.3 Å². The zero-order chi connectivity index (χ0) is 35.1. The molecule has 1 atom stereocenters. The lowest BCUT2D eigenvalue weighted by Crippen LogP contribution is -2.57. The van der Waals surface area contributed by atoms with Gasteiger partial charge in [-0.3, -0.25) is 19.9 Å². The Balaban J connectivity index is 0.000000514. The van der Waals surface area contributed by atoms with Crippen LogP contribution in [0, 0.1) is 5.41 Å². The molecule has 11 nitrogen and oxygen atoms in total. The van der Waals surface area contributed by atoms with Gasteiger partial charge in [-0.1, -0.05) is 91.0 Å². The molecular formula is C38H38N6O5. The van der Waals surface area contributed by atoms with Crippen molar-refractivity contribution < 1.29 is 24.3 Å². The van der Waals surface area contributed by atoms with Crippen LogP contribution < -0.4 is 22.1 Å². The lowest BCUT2D eigenvalue weighted by molar-refractivity contribution is -0.145. The van der Waals surface area contributed by atoms with Crippen molar-refractivity contribution in [2.75, 3.05) is 24.5 Å². The highest BCUT2D eigenvalue weighted by atomic mass is 16.4. The minimum absolute atomic E-state index is 0.169. The van der Waals surface area contributed by atoms with Gasteiger partial charge in [0.25, 0.3) is 0 Å². The lowest BCUT2D eigenvalue weighted by atomic mass is 9.78. The largest absolute Gasteiger partial charge is 0.479 e. The van der Waals surface area contributed by atoms with Crippen LogP contribution in [0.5, 0.6) is 0 Å². The molecule has 250 valence electrons. The molecule has 0 bridgehead atoms. The van der Waals surface area contributed by atoms with Gasteiger partial charge < -0.3 is 27.2 Å². The van der Waals surface area contributed by atoms with Crippen LogP contribution in [0.4, 0.5) is 10.5 Å². The molecule has 1 saturated heterocycles. The number of urea groups is 1. The number of ketones is 1. The first kappa shape index (κ1) is 34.3. The van der Waals surface area contributed by atoms with E-state index in [0.717, 1.165) is 47.0 Å². The van der Waals surface area contributed by atoms with E-state index in [4.69, 9.17) is 22.6 Å². The van der Waals surface area contributed by atoms with Crippen molar-refractivity contribution in [1.29, 1.82) is 5.41 Å². The van der Waals surface area contributed by atoms with Crippen LogP contribution in [0.3, 0.4) is 0 Å². The van der Waals surface area contributed by atoms with Gasteiger partial charge >= 0.3 is 12.0 Å². The van der Waals surface area contributed by atoms with E-state index in [1.165, 1.54) is 12.1 Å². The fourth-order valence-electron chi connectivity index (χ4n) is 6.28. The molecule has 1 fully saturated rings. The minimum atomic E-state index is -2.18. The number of carbonyl (C=O) groups is 4. The van der Waals surface area contributed by atoms with Crippen LogP contribution in [0.2, 0.25) is 0 Å². The van der Waals surface area contributed by atoms with E-state index in [9.17, 15) is 24.3 Å². The van der Waals surface area contributed by atoms with Gasteiger partial charge in [-0.05, 0) is 58.1 Å². The minimum Gasteiger partial charge on any atom is -0.479 e. The molecule has 0 radical (unpaired) electrons. The molecule has 0 saturated carbocycles. The quantitative estimate of drug-likeness (QED) is 0.0836. The van der Waals surface area contributed by atoms with E-state index in [1.54, 1.807) is 59.5 Å². The Hall–Kier alpha value is -6.07. The summed E-state index contributed by atoms with van der Waals surface area (Å²) in [7, 11) is 0. The number of aliphatic carboxylic acids is 1. The molecule has 3 amide bonds. The van der Waals surface area contributed by atoms with Crippen LogP contribution in [-0.4, -0.2) is 59.2 Å². The number of hydrogen-bond donors (Lipinski definition) is 5. The molecule has 0 aliphatic carbocycles. The predicted octanol–water partition coefficient (Wildman–Crippen LogP) is 4.98. The third-order valence-electron chi connectivity index (χ3n) is 8.72. The zero-order valence-electron chi connectivity index (χ0n) is 26.8. The number of nitrogens with two attached hydrogens (primary N) is 3. The van der Waals surface area contributed by atoms with Crippen molar-refractivity contribution in [2.24, 2.45) is 17.2 Å². The van der Waals surface area contributed by atoms with E-state index in [0.29, 0.717) is 16.6 Å². The third-order valence-corrected chi connectivity index (χ3v) is 8.72. The first-order chi connectivity index (χ1) is 23.6. The Morgan fingerprint density at radius 1 is 0.755 bits per heavy atom. The van der Waals surface area contributed by atoms with Gasteiger partial charge in [-0.25, -0.2) is 9.59 Å². The number of likely N-dealkylation sites (tertiary alicyclic amines) is 1. The fourth-order valence-corrected chi connectivity index (χ4v) is 6.28. The molecule has 0 unspecified atom stereocenters. The first-order valence-electron chi connectivity index (χ1n) is 15.8. The molecule has 1 aliphatic rings. The average Bonchev–Trinajstić information content (AvgIpc) is 3.67. The Labute approximate surface area is 283 Å². The molecule has 5 aromatic carbocycles. The summed E-state index contributed by atoms with van der Waals surface area (Å²) in [5.41, 5.74) is 15.4. The van der Waals surface area contributed by atoms with Gasteiger partial charge in [0.15, 0.2) is 11.3 Å². The van der Waals surface area contributed by atoms with Crippen molar-refractivity contribution >= 4 is 56.8 Å². The van der Waals surface area contributed by atoms with Crippen LogP contribution >= 0.6 is 0 Å². The zero-order valence-corrected chi connectivity index (χ0v) is 26.8. The van der Waals surface area contributed by atoms with Crippen molar-refractivity contribution in [1.82, 2.24) is 4.90 Å². The highest BCUT2D eigenvalue weighted by molar-refractivity contribution is 6.11. The number of carboxylic acids is 1. The molecule has 8 N–H and O–H groups in total. The normalized spacial score (nSPS) is 13.6. The van der Waals surface area contributed by atoms with Crippen molar-refractivity contribution in [3.63, 3.8) is 0 Å². The van der Waals surface area contributed by atoms with Crippen molar-refractivity contribution in [3.05, 3.63) is 126 Å². The number of hydrogen-bond acceptors (Lipinski definition) is 6. The second-order valence-electron chi connectivity index (χ2n) is 11.8. The van der Waals surface area contributed by atoms with Crippen LogP contribution in [0.1, 0.15) is 40.7 Å². The summed E-state index contributed by atoms with van der Waals surface area (Å²) in [6, 6.07) is 31.0. The topological polar surface area (TPSA) is 197 Å². The molecule has 49 heavy (non-hydrogen) atoms.